The molecule has 1 aromatic heterocycles. The van der Waals surface area contributed by atoms with Crippen molar-refractivity contribution < 1.29 is 18.8 Å². The topological polar surface area (TPSA) is 81.4 Å². The quantitative estimate of drug-likeness (QED) is 0.480. The molecule has 1 N–H and O–H groups in total. The summed E-state index contributed by atoms with van der Waals surface area (Å²) in [4.78, 5) is 23.3. The third-order valence-corrected chi connectivity index (χ3v) is 4.11. The SMILES string of the molecule is C=CCCCCOc1ccc2c(C3CCC(=O)NC3=O)noc2c1. The van der Waals surface area contributed by atoms with E-state index in [-0.39, 0.29) is 11.8 Å². The summed E-state index contributed by atoms with van der Waals surface area (Å²) >= 11 is 0. The van der Waals surface area contributed by atoms with Crippen molar-refractivity contribution in [3.8, 4) is 5.75 Å². The number of piperidine rings is 1. The molecule has 0 aliphatic carbocycles. The third kappa shape index (κ3) is 3.48. The number of hydrogen-bond acceptors (Lipinski definition) is 5. The molecular weight excluding hydrogens is 308 g/mol. The van der Waals surface area contributed by atoms with Crippen LogP contribution in [0.15, 0.2) is 35.4 Å². The number of nitrogens with zero attached hydrogens (tertiary/aromatic N) is 1. The summed E-state index contributed by atoms with van der Waals surface area (Å²) in [6, 6.07) is 5.48. The highest BCUT2D eigenvalue weighted by atomic mass is 16.5. The van der Waals surface area contributed by atoms with Crippen LogP contribution < -0.4 is 10.1 Å². The van der Waals surface area contributed by atoms with Gasteiger partial charge < -0.3 is 9.26 Å². The Morgan fingerprint density at radius 2 is 2.25 bits per heavy atom. The molecule has 1 aromatic carbocycles. The van der Waals surface area contributed by atoms with Gasteiger partial charge in [-0.25, -0.2) is 0 Å². The van der Waals surface area contributed by atoms with Crippen LogP contribution in [0.25, 0.3) is 11.0 Å². The van der Waals surface area contributed by atoms with Crippen molar-refractivity contribution in [2.24, 2.45) is 0 Å². The Morgan fingerprint density at radius 1 is 1.38 bits per heavy atom. The fourth-order valence-electron chi connectivity index (χ4n) is 2.81. The molecule has 0 radical (unpaired) electrons. The lowest BCUT2D eigenvalue weighted by Gasteiger charge is -2.18. The van der Waals surface area contributed by atoms with Gasteiger partial charge in [-0.15, -0.1) is 6.58 Å². The van der Waals surface area contributed by atoms with Gasteiger partial charge in [-0.1, -0.05) is 11.2 Å². The zero-order valence-corrected chi connectivity index (χ0v) is 13.4. The number of hydrogen-bond donors (Lipinski definition) is 1. The van der Waals surface area contributed by atoms with E-state index in [1.165, 1.54) is 0 Å². The van der Waals surface area contributed by atoms with Gasteiger partial charge in [0.05, 0.1) is 12.5 Å². The second-order valence-corrected chi connectivity index (χ2v) is 5.86. The summed E-state index contributed by atoms with van der Waals surface area (Å²) in [6.45, 7) is 4.33. The first-order valence-electron chi connectivity index (χ1n) is 8.16. The second kappa shape index (κ2) is 7.29. The number of fused-ring (bicyclic) bond motifs is 1. The number of ether oxygens (including phenoxy) is 1. The van der Waals surface area contributed by atoms with Crippen LogP contribution in [-0.2, 0) is 9.59 Å². The molecule has 126 valence electrons. The molecule has 1 saturated heterocycles. The Bertz CT molecular complexity index is 765. The molecule has 1 atom stereocenters. The second-order valence-electron chi connectivity index (χ2n) is 5.86. The molecule has 0 spiro atoms. The van der Waals surface area contributed by atoms with E-state index in [4.69, 9.17) is 9.26 Å². The Labute approximate surface area is 139 Å². The van der Waals surface area contributed by atoms with E-state index < -0.39 is 5.92 Å². The van der Waals surface area contributed by atoms with Crippen LogP contribution in [0.5, 0.6) is 5.75 Å². The van der Waals surface area contributed by atoms with Crippen molar-refractivity contribution in [1.29, 1.82) is 0 Å². The smallest absolute Gasteiger partial charge is 0.235 e. The van der Waals surface area contributed by atoms with Crippen LogP contribution in [-0.4, -0.2) is 23.6 Å². The summed E-state index contributed by atoms with van der Waals surface area (Å²) in [5.74, 6) is -0.290. The van der Waals surface area contributed by atoms with E-state index in [2.05, 4.69) is 17.1 Å². The molecule has 1 aliphatic heterocycles. The van der Waals surface area contributed by atoms with Crippen LogP contribution in [0, 0.1) is 0 Å². The average Bonchev–Trinajstić information content (AvgIpc) is 2.98. The molecule has 6 nitrogen and oxygen atoms in total. The molecular formula is C18H20N2O4. The highest BCUT2D eigenvalue weighted by Gasteiger charge is 2.31. The first-order valence-corrected chi connectivity index (χ1v) is 8.16. The predicted molar refractivity (Wildman–Crippen MR) is 88.7 cm³/mol. The van der Waals surface area contributed by atoms with Gasteiger partial charge in [0.1, 0.15) is 11.4 Å². The summed E-state index contributed by atoms with van der Waals surface area (Å²) in [6.07, 6.45) is 5.66. The Hall–Kier alpha value is -2.63. The molecule has 1 aliphatic rings. The highest BCUT2D eigenvalue weighted by Crippen LogP contribution is 2.32. The number of amides is 2. The molecule has 1 fully saturated rings. The van der Waals surface area contributed by atoms with Crippen LogP contribution in [0.2, 0.25) is 0 Å². The number of nitrogens with one attached hydrogen (secondary N) is 1. The Morgan fingerprint density at radius 3 is 3.04 bits per heavy atom. The molecule has 2 amide bonds. The van der Waals surface area contributed by atoms with Gasteiger partial charge in [-0.3, -0.25) is 14.9 Å². The molecule has 2 aromatic rings. The number of allylic oxidation sites excluding steroid dienone is 1. The maximum absolute atomic E-state index is 12.0. The minimum Gasteiger partial charge on any atom is -0.493 e. The van der Waals surface area contributed by atoms with Gasteiger partial charge in [0.25, 0.3) is 0 Å². The molecule has 2 heterocycles. The zero-order valence-electron chi connectivity index (χ0n) is 13.4. The first kappa shape index (κ1) is 16.2. The van der Waals surface area contributed by atoms with Gasteiger partial charge in [0.15, 0.2) is 5.58 Å². The zero-order chi connectivity index (χ0) is 16.9. The van der Waals surface area contributed by atoms with Gasteiger partial charge >= 0.3 is 0 Å². The minimum atomic E-state index is -0.449. The summed E-state index contributed by atoms with van der Waals surface area (Å²) < 4.78 is 11.1. The van der Waals surface area contributed by atoms with Crippen molar-refractivity contribution >= 4 is 22.8 Å². The van der Waals surface area contributed by atoms with Gasteiger partial charge in [-0.2, -0.15) is 0 Å². The predicted octanol–water partition coefficient (Wildman–Crippen LogP) is 3.08. The van der Waals surface area contributed by atoms with Crippen LogP contribution >= 0.6 is 0 Å². The fraction of sp³-hybridized carbons (Fsp3) is 0.389. The van der Waals surface area contributed by atoms with Gasteiger partial charge in [0, 0.05) is 17.9 Å². The number of imide groups is 1. The summed E-state index contributed by atoms with van der Waals surface area (Å²) in [5.41, 5.74) is 1.16. The summed E-state index contributed by atoms with van der Waals surface area (Å²) in [5, 5.41) is 7.17. The Balaban J connectivity index is 1.70. The van der Waals surface area contributed by atoms with Gasteiger partial charge in [-0.05, 0) is 37.8 Å². The molecule has 0 saturated carbocycles. The highest BCUT2D eigenvalue weighted by molar-refractivity contribution is 6.02. The monoisotopic (exact) mass is 328 g/mol. The number of unbranched alkanes of at least 4 members (excludes halogenated alkanes) is 2. The van der Waals surface area contributed by atoms with Crippen LogP contribution in [0.4, 0.5) is 0 Å². The lowest BCUT2D eigenvalue weighted by Crippen LogP contribution is -2.39. The van der Waals surface area contributed by atoms with E-state index >= 15 is 0 Å². The standard InChI is InChI=1S/C18H20N2O4/c1-2-3-4-5-10-23-12-6-7-13-15(11-12)24-20-17(13)14-8-9-16(21)19-18(14)22/h2,6-7,11,14H,1,3-5,8-10H2,(H,19,21,22). The number of benzene rings is 1. The van der Waals surface area contributed by atoms with Crippen molar-refractivity contribution in [2.45, 2.75) is 38.0 Å². The lowest BCUT2D eigenvalue weighted by molar-refractivity contribution is -0.134. The average molecular weight is 328 g/mol. The maximum Gasteiger partial charge on any atom is 0.235 e. The number of carbonyl (C=O) groups is 2. The number of rotatable bonds is 7. The third-order valence-electron chi connectivity index (χ3n) is 4.11. The number of aromatic nitrogens is 1. The van der Waals surface area contributed by atoms with Crippen molar-refractivity contribution in [3.05, 3.63) is 36.5 Å². The first-order chi connectivity index (χ1) is 11.7. The summed E-state index contributed by atoms with van der Waals surface area (Å²) in [7, 11) is 0. The van der Waals surface area contributed by atoms with Gasteiger partial charge in [0.2, 0.25) is 11.8 Å². The lowest BCUT2D eigenvalue weighted by atomic mass is 9.93. The Kier molecular flexibility index (Phi) is 4.93. The van der Waals surface area contributed by atoms with Crippen molar-refractivity contribution in [3.63, 3.8) is 0 Å². The molecule has 1 unspecified atom stereocenters. The molecule has 6 heteroatoms. The molecule has 0 bridgehead atoms. The van der Waals surface area contributed by atoms with E-state index in [1.807, 2.05) is 18.2 Å². The van der Waals surface area contributed by atoms with E-state index in [0.29, 0.717) is 36.5 Å². The van der Waals surface area contributed by atoms with Crippen molar-refractivity contribution in [1.82, 2.24) is 10.5 Å². The largest absolute Gasteiger partial charge is 0.493 e. The van der Waals surface area contributed by atoms with E-state index in [9.17, 15) is 9.59 Å². The van der Waals surface area contributed by atoms with Crippen LogP contribution in [0.3, 0.4) is 0 Å². The van der Waals surface area contributed by atoms with E-state index in [1.54, 1.807) is 6.07 Å². The maximum atomic E-state index is 12.0. The normalized spacial score (nSPS) is 17.8. The molecule has 3 rings (SSSR count). The molecule has 24 heavy (non-hydrogen) atoms. The minimum absolute atomic E-state index is 0.240. The fourth-order valence-corrected chi connectivity index (χ4v) is 2.81. The van der Waals surface area contributed by atoms with E-state index in [0.717, 1.165) is 24.6 Å². The number of carbonyl (C=O) groups excluding carboxylic acids is 2. The van der Waals surface area contributed by atoms with Crippen molar-refractivity contribution in [2.75, 3.05) is 6.61 Å². The van der Waals surface area contributed by atoms with Crippen LogP contribution in [0.1, 0.15) is 43.7 Å².